The van der Waals surface area contributed by atoms with Gasteiger partial charge in [0.2, 0.25) is 0 Å². The highest BCUT2D eigenvalue weighted by Gasteiger charge is 2.12. The van der Waals surface area contributed by atoms with E-state index in [0.29, 0.717) is 12.8 Å². The highest BCUT2D eigenvalue weighted by atomic mass is 16.5. The lowest BCUT2D eigenvalue weighted by molar-refractivity contribution is -0.137. The second-order valence-corrected chi connectivity index (χ2v) is 9.60. The van der Waals surface area contributed by atoms with E-state index in [0.717, 1.165) is 32.1 Å². The molecule has 0 aliphatic heterocycles. The monoisotopic (exact) mass is 454 g/mol. The molecule has 0 amide bonds. The van der Waals surface area contributed by atoms with E-state index in [1.165, 1.54) is 89.9 Å². The van der Waals surface area contributed by atoms with Gasteiger partial charge in [0.05, 0.1) is 6.10 Å². The summed E-state index contributed by atoms with van der Waals surface area (Å²) >= 11 is 0. The first kappa shape index (κ1) is 31.1. The first-order valence-corrected chi connectivity index (χ1v) is 13.9. The van der Waals surface area contributed by atoms with Crippen molar-refractivity contribution in [1.29, 1.82) is 0 Å². The van der Waals surface area contributed by atoms with Crippen molar-refractivity contribution in [1.82, 2.24) is 0 Å². The number of hydrogen-bond acceptors (Lipinski definition) is 3. The molecule has 0 bridgehead atoms. The first-order chi connectivity index (χ1) is 15.6. The molecular weight excluding hydrogens is 400 g/mol. The number of unbranched alkanes of at least 4 members (excludes halogenated alkanes) is 15. The largest absolute Gasteiger partial charge is 0.481 e. The summed E-state index contributed by atoms with van der Waals surface area (Å²) in [6.07, 6.45) is 25.0. The van der Waals surface area contributed by atoms with Crippen LogP contribution in [0.15, 0.2) is 0 Å². The summed E-state index contributed by atoms with van der Waals surface area (Å²) in [5.74, 6) is -0.533. The summed E-state index contributed by atoms with van der Waals surface area (Å²) < 4.78 is 6.07. The number of hydrogen-bond donors (Lipinski definition) is 1. The first-order valence-electron chi connectivity index (χ1n) is 13.9. The van der Waals surface area contributed by atoms with Crippen LogP contribution in [0.1, 0.15) is 155 Å². The van der Waals surface area contributed by atoms with Crippen molar-refractivity contribution in [3.8, 4) is 0 Å². The van der Waals surface area contributed by atoms with E-state index in [1.807, 2.05) is 0 Å². The summed E-state index contributed by atoms with van der Waals surface area (Å²) in [6.45, 7) is 4.77. The van der Waals surface area contributed by atoms with Crippen molar-refractivity contribution in [2.45, 2.75) is 161 Å². The fourth-order valence-corrected chi connectivity index (χ4v) is 4.20. The van der Waals surface area contributed by atoms with Crippen molar-refractivity contribution in [3.63, 3.8) is 0 Å². The van der Waals surface area contributed by atoms with Gasteiger partial charge in [-0.2, -0.15) is 0 Å². The zero-order chi connectivity index (χ0) is 23.7. The molecule has 32 heavy (non-hydrogen) atoms. The molecule has 4 heteroatoms. The summed E-state index contributed by atoms with van der Waals surface area (Å²) in [6, 6.07) is 0. The maximum Gasteiger partial charge on any atom is 0.303 e. The number of carboxylic acids is 1. The minimum Gasteiger partial charge on any atom is -0.481 e. The summed E-state index contributed by atoms with van der Waals surface area (Å²) in [4.78, 5) is 22.7. The molecule has 1 N–H and O–H groups in total. The second kappa shape index (κ2) is 24.7. The lowest BCUT2D eigenvalue weighted by atomic mass is 10.0. The molecule has 0 saturated carbocycles. The van der Waals surface area contributed by atoms with Crippen LogP contribution in [0.3, 0.4) is 0 Å². The number of rotatable bonds is 26. The summed E-state index contributed by atoms with van der Waals surface area (Å²) in [5.41, 5.74) is 0. The van der Waals surface area contributed by atoms with Gasteiger partial charge in [0, 0.05) is 12.8 Å². The van der Waals surface area contributed by atoms with Gasteiger partial charge in [-0.05, 0) is 25.7 Å². The molecule has 1 atom stereocenters. The SMILES string of the molecule is CCCCCCCCCCC(CCCCCCCC)OCC(=O)CCCCCCC(=O)O. The molecule has 0 rings (SSSR count). The van der Waals surface area contributed by atoms with E-state index in [2.05, 4.69) is 13.8 Å². The molecule has 0 saturated heterocycles. The Hall–Kier alpha value is -0.900. The van der Waals surface area contributed by atoms with E-state index in [1.54, 1.807) is 0 Å². The maximum atomic E-state index is 12.2. The van der Waals surface area contributed by atoms with E-state index in [4.69, 9.17) is 9.84 Å². The maximum absolute atomic E-state index is 12.2. The van der Waals surface area contributed by atoms with Gasteiger partial charge in [-0.3, -0.25) is 9.59 Å². The molecule has 0 aromatic carbocycles. The van der Waals surface area contributed by atoms with Crippen molar-refractivity contribution in [2.24, 2.45) is 0 Å². The Bertz CT molecular complexity index is 422. The molecular formula is C28H54O4. The van der Waals surface area contributed by atoms with E-state index >= 15 is 0 Å². The third-order valence-electron chi connectivity index (χ3n) is 6.34. The van der Waals surface area contributed by atoms with Crippen LogP contribution in [0.25, 0.3) is 0 Å². The Morgan fingerprint density at radius 3 is 1.47 bits per heavy atom. The Labute approximate surface area is 199 Å². The zero-order valence-electron chi connectivity index (χ0n) is 21.5. The fourth-order valence-electron chi connectivity index (χ4n) is 4.20. The van der Waals surface area contributed by atoms with Crippen LogP contribution < -0.4 is 0 Å². The van der Waals surface area contributed by atoms with Gasteiger partial charge in [0.15, 0.2) is 5.78 Å². The minimum atomic E-state index is -0.734. The van der Waals surface area contributed by atoms with Crippen molar-refractivity contribution < 1.29 is 19.4 Å². The van der Waals surface area contributed by atoms with E-state index < -0.39 is 5.97 Å². The van der Waals surface area contributed by atoms with Crippen LogP contribution in [0.2, 0.25) is 0 Å². The lowest BCUT2D eigenvalue weighted by Gasteiger charge is -2.18. The fraction of sp³-hybridized carbons (Fsp3) is 0.929. The van der Waals surface area contributed by atoms with E-state index in [-0.39, 0.29) is 24.9 Å². The Balaban J connectivity index is 4.00. The average Bonchev–Trinajstić information content (AvgIpc) is 2.77. The second-order valence-electron chi connectivity index (χ2n) is 9.60. The van der Waals surface area contributed by atoms with Crippen LogP contribution in [0.5, 0.6) is 0 Å². The molecule has 0 fully saturated rings. The van der Waals surface area contributed by atoms with Crippen LogP contribution >= 0.6 is 0 Å². The summed E-state index contributed by atoms with van der Waals surface area (Å²) in [5, 5.41) is 8.66. The van der Waals surface area contributed by atoms with Crippen LogP contribution in [-0.4, -0.2) is 29.6 Å². The number of carbonyl (C=O) groups excluding carboxylic acids is 1. The van der Waals surface area contributed by atoms with Gasteiger partial charge in [-0.15, -0.1) is 0 Å². The lowest BCUT2D eigenvalue weighted by Crippen LogP contribution is -2.18. The van der Waals surface area contributed by atoms with Crippen LogP contribution in [-0.2, 0) is 14.3 Å². The molecule has 0 aromatic heterocycles. The molecule has 4 nitrogen and oxygen atoms in total. The minimum absolute atomic E-state index is 0.201. The highest BCUT2D eigenvalue weighted by Crippen LogP contribution is 2.17. The van der Waals surface area contributed by atoms with Gasteiger partial charge < -0.3 is 9.84 Å². The molecule has 0 heterocycles. The topological polar surface area (TPSA) is 63.6 Å². The van der Waals surface area contributed by atoms with Crippen molar-refractivity contribution >= 4 is 11.8 Å². The van der Waals surface area contributed by atoms with Gasteiger partial charge in [-0.25, -0.2) is 0 Å². The van der Waals surface area contributed by atoms with Crippen molar-refractivity contribution in [3.05, 3.63) is 0 Å². The van der Waals surface area contributed by atoms with E-state index in [9.17, 15) is 9.59 Å². The van der Waals surface area contributed by atoms with Gasteiger partial charge >= 0.3 is 5.97 Å². The molecule has 0 spiro atoms. The normalized spacial score (nSPS) is 12.2. The predicted molar refractivity (Wildman–Crippen MR) is 135 cm³/mol. The van der Waals surface area contributed by atoms with Gasteiger partial charge in [0.1, 0.15) is 6.61 Å². The van der Waals surface area contributed by atoms with Crippen LogP contribution in [0, 0.1) is 0 Å². The number of ether oxygens (including phenoxy) is 1. The molecule has 0 aromatic rings. The zero-order valence-corrected chi connectivity index (χ0v) is 21.5. The Morgan fingerprint density at radius 2 is 1.00 bits per heavy atom. The van der Waals surface area contributed by atoms with Crippen molar-refractivity contribution in [2.75, 3.05) is 6.61 Å². The molecule has 190 valence electrons. The predicted octanol–water partition coefficient (Wildman–Crippen LogP) is 8.65. The molecule has 1 unspecified atom stereocenters. The quantitative estimate of drug-likeness (QED) is 0.133. The Morgan fingerprint density at radius 1 is 0.594 bits per heavy atom. The molecule has 0 aliphatic rings. The number of carboxylic acid groups (broad SMARTS) is 1. The Kier molecular flexibility index (Phi) is 24.0. The van der Waals surface area contributed by atoms with Gasteiger partial charge in [0.25, 0.3) is 0 Å². The third kappa shape index (κ3) is 23.8. The third-order valence-corrected chi connectivity index (χ3v) is 6.34. The number of Topliss-reactive ketones (excluding diaryl/α,β-unsaturated/α-hetero) is 1. The number of carbonyl (C=O) groups is 2. The standard InChI is InChI=1S/C28H54O4/c1-3-5-7-9-11-12-14-19-23-27(22-18-13-10-8-6-4-2)32-25-26(29)21-17-15-16-20-24-28(30)31/h27H,3-25H2,1-2H3,(H,30,31). The molecule has 0 radical (unpaired) electrons. The summed E-state index contributed by atoms with van der Waals surface area (Å²) in [7, 11) is 0. The number of ketones is 1. The number of aliphatic carboxylic acids is 1. The molecule has 0 aliphatic carbocycles. The highest BCUT2D eigenvalue weighted by molar-refractivity contribution is 5.79. The van der Waals surface area contributed by atoms with Crippen LogP contribution in [0.4, 0.5) is 0 Å². The average molecular weight is 455 g/mol. The van der Waals surface area contributed by atoms with Gasteiger partial charge in [-0.1, -0.05) is 117 Å². The smallest absolute Gasteiger partial charge is 0.303 e.